The van der Waals surface area contributed by atoms with E-state index in [1.165, 1.54) is 0 Å². The van der Waals surface area contributed by atoms with Crippen LogP contribution in [0.15, 0.2) is 24.3 Å². The lowest BCUT2D eigenvalue weighted by atomic mass is 9.97. The van der Waals surface area contributed by atoms with Crippen molar-refractivity contribution < 1.29 is 19.4 Å². The molecule has 2 atom stereocenters. The molecule has 1 aliphatic rings. The molecule has 1 aliphatic heterocycles. The summed E-state index contributed by atoms with van der Waals surface area (Å²) in [6.45, 7) is 2.43. The quantitative estimate of drug-likeness (QED) is 0.855. The Hall–Kier alpha value is -1.88. The minimum atomic E-state index is -0.891. The van der Waals surface area contributed by atoms with Crippen molar-refractivity contribution in [2.24, 2.45) is 5.92 Å². The smallest absolute Gasteiger partial charge is 0.308 e. The maximum atomic E-state index is 12.2. The summed E-state index contributed by atoms with van der Waals surface area (Å²) in [5.74, 6) is -1.72. The van der Waals surface area contributed by atoms with Crippen LogP contribution in [-0.2, 0) is 20.7 Å². The number of rotatable bonds is 5. The molecule has 0 saturated carbocycles. The van der Waals surface area contributed by atoms with Gasteiger partial charge in [-0.2, -0.15) is 0 Å². The first-order valence-corrected chi connectivity index (χ1v) is 6.83. The fraction of sp³-hybridized carbons (Fsp3) is 0.467. The number of carboxylic acids is 1. The van der Waals surface area contributed by atoms with E-state index in [-0.39, 0.29) is 12.5 Å². The second kappa shape index (κ2) is 6.52. The Morgan fingerprint density at radius 3 is 2.90 bits per heavy atom. The summed E-state index contributed by atoms with van der Waals surface area (Å²) >= 11 is 0. The standard InChI is InChI=1S/C15H19NO4/c1-2-10(15(18)19)9-16-14(17)13-12-6-4-3-5-11(12)7-8-20-13/h3-6,10,13H,2,7-9H2,1H3,(H,16,17)(H,18,19). The van der Waals surface area contributed by atoms with Crippen LogP contribution in [0.1, 0.15) is 30.6 Å². The fourth-order valence-electron chi connectivity index (χ4n) is 2.33. The molecule has 0 radical (unpaired) electrons. The second-order valence-corrected chi connectivity index (χ2v) is 4.89. The van der Waals surface area contributed by atoms with Gasteiger partial charge in [0, 0.05) is 6.54 Å². The van der Waals surface area contributed by atoms with Crippen LogP contribution in [0.25, 0.3) is 0 Å². The highest BCUT2D eigenvalue weighted by molar-refractivity contribution is 5.83. The van der Waals surface area contributed by atoms with Crippen molar-refractivity contribution in [3.8, 4) is 0 Å². The third-order valence-electron chi connectivity index (χ3n) is 3.60. The van der Waals surface area contributed by atoms with Crippen LogP contribution in [0.2, 0.25) is 0 Å². The van der Waals surface area contributed by atoms with Gasteiger partial charge in [0.2, 0.25) is 0 Å². The van der Waals surface area contributed by atoms with Crippen molar-refractivity contribution >= 4 is 11.9 Å². The molecule has 1 amide bonds. The third-order valence-corrected chi connectivity index (χ3v) is 3.60. The normalized spacial score (nSPS) is 18.9. The van der Waals surface area contributed by atoms with Gasteiger partial charge in [0.25, 0.3) is 5.91 Å². The van der Waals surface area contributed by atoms with Gasteiger partial charge in [-0.25, -0.2) is 0 Å². The van der Waals surface area contributed by atoms with Crippen LogP contribution < -0.4 is 5.32 Å². The van der Waals surface area contributed by atoms with E-state index < -0.39 is 18.0 Å². The van der Waals surface area contributed by atoms with Crippen LogP contribution in [0.4, 0.5) is 0 Å². The summed E-state index contributed by atoms with van der Waals surface area (Å²) in [7, 11) is 0. The number of carboxylic acid groups (broad SMARTS) is 1. The highest BCUT2D eigenvalue weighted by Crippen LogP contribution is 2.26. The SMILES string of the molecule is CCC(CNC(=O)C1OCCc2ccccc21)C(=O)O. The average molecular weight is 277 g/mol. The van der Waals surface area contributed by atoms with Crippen LogP contribution in [-0.4, -0.2) is 30.1 Å². The lowest BCUT2D eigenvalue weighted by Crippen LogP contribution is -2.38. The molecular formula is C15H19NO4. The number of hydrogen-bond acceptors (Lipinski definition) is 3. The number of carbonyl (C=O) groups is 2. The maximum Gasteiger partial charge on any atom is 0.308 e. The first-order valence-electron chi connectivity index (χ1n) is 6.83. The van der Waals surface area contributed by atoms with Crippen LogP contribution in [0, 0.1) is 5.92 Å². The Labute approximate surface area is 117 Å². The first kappa shape index (κ1) is 14.5. The molecule has 0 aromatic heterocycles. The summed E-state index contributed by atoms with van der Waals surface area (Å²) in [6.07, 6.45) is 0.649. The molecule has 1 heterocycles. The van der Waals surface area contributed by atoms with Crippen molar-refractivity contribution in [1.82, 2.24) is 5.32 Å². The zero-order chi connectivity index (χ0) is 14.5. The zero-order valence-corrected chi connectivity index (χ0v) is 11.5. The van der Waals surface area contributed by atoms with E-state index in [9.17, 15) is 9.59 Å². The summed E-state index contributed by atoms with van der Waals surface area (Å²) < 4.78 is 5.53. The maximum absolute atomic E-state index is 12.2. The Morgan fingerprint density at radius 1 is 1.45 bits per heavy atom. The largest absolute Gasteiger partial charge is 0.481 e. The van der Waals surface area contributed by atoms with Crippen LogP contribution >= 0.6 is 0 Å². The molecule has 2 rings (SSSR count). The van der Waals surface area contributed by atoms with Crippen LogP contribution in [0.3, 0.4) is 0 Å². The number of nitrogens with one attached hydrogen (secondary N) is 1. The van der Waals surface area contributed by atoms with E-state index in [0.717, 1.165) is 17.5 Å². The average Bonchev–Trinajstić information content (AvgIpc) is 2.46. The van der Waals surface area contributed by atoms with Crippen molar-refractivity contribution in [3.63, 3.8) is 0 Å². The van der Waals surface area contributed by atoms with Gasteiger partial charge >= 0.3 is 5.97 Å². The lowest BCUT2D eigenvalue weighted by Gasteiger charge is -2.25. The number of hydrogen-bond donors (Lipinski definition) is 2. The number of benzene rings is 1. The Morgan fingerprint density at radius 2 is 2.20 bits per heavy atom. The van der Waals surface area contributed by atoms with E-state index in [2.05, 4.69) is 5.32 Å². The molecule has 0 spiro atoms. The topological polar surface area (TPSA) is 75.6 Å². The van der Waals surface area contributed by atoms with Crippen molar-refractivity contribution in [1.29, 1.82) is 0 Å². The predicted octanol–water partition coefficient (Wildman–Crippen LogP) is 1.53. The van der Waals surface area contributed by atoms with Crippen molar-refractivity contribution in [3.05, 3.63) is 35.4 Å². The summed E-state index contributed by atoms with van der Waals surface area (Å²) in [6, 6.07) is 7.69. The first-order chi connectivity index (χ1) is 9.63. The Balaban J connectivity index is 2.02. The predicted molar refractivity (Wildman–Crippen MR) is 73.3 cm³/mol. The van der Waals surface area contributed by atoms with E-state index in [1.54, 1.807) is 6.92 Å². The molecular weight excluding hydrogens is 258 g/mol. The van der Waals surface area contributed by atoms with Gasteiger partial charge < -0.3 is 15.2 Å². The monoisotopic (exact) mass is 277 g/mol. The molecule has 0 fully saturated rings. The van der Waals surface area contributed by atoms with Gasteiger partial charge in [-0.15, -0.1) is 0 Å². The van der Waals surface area contributed by atoms with Gasteiger partial charge in [-0.3, -0.25) is 9.59 Å². The molecule has 2 N–H and O–H groups in total. The lowest BCUT2D eigenvalue weighted by molar-refractivity contribution is -0.142. The zero-order valence-electron chi connectivity index (χ0n) is 11.5. The number of amides is 1. The number of carbonyl (C=O) groups excluding carboxylic acids is 1. The minimum absolute atomic E-state index is 0.132. The van der Waals surface area contributed by atoms with E-state index >= 15 is 0 Å². The summed E-state index contributed by atoms with van der Waals surface area (Å²) in [4.78, 5) is 23.1. The molecule has 2 unspecified atom stereocenters. The summed E-state index contributed by atoms with van der Waals surface area (Å²) in [5, 5.41) is 11.7. The Bertz CT molecular complexity index is 500. The third kappa shape index (κ3) is 3.17. The fourth-order valence-corrected chi connectivity index (χ4v) is 2.33. The van der Waals surface area contributed by atoms with E-state index in [1.807, 2.05) is 24.3 Å². The molecule has 0 bridgehead atoms. The molecule has 20 heavy (non-hydrogen) atoms. The molecule has 5 nitrogen and oxygen atoms in total. The molecule has 1 aromatic rings. The van der Waals surface area contributed by atoms with Gasteiger partial charge in [-0.05, 0) is 24.0 Å². The number of fused-ring (bicyclic) bond motifs is 1. The molecule has 108 valence electrons. The van der Waals surface area contributed by atoms with Gasteiger partial charge in [0.05, 0.1) is 12.5 Å². The number of ether oxygens (including phenoxy) is 1. The molecule has 1 aromatic carbocycles. The highest BCUT2D eigenvalue weighted by Gasteiger charge is 2.27. The van der Waals surface area contributed by atoms with E-state index in [4.69, 9.17) is 9.84 Å². The van der Waals surface area contributed by atoms with Crippen molar-refractivity contribution in [2.75, 3.05) is 13.2 Å². The highest BCUT2D eigenvalue weighted by atomic mass is 16.5. The molecule has 5 heteroatoms. The van der Waals surface area contributed by atoms with E-state index in [0.29, 0.717) is 13.0 Å². The van der Waals surface area contributed by atoms with Gasteiger partial charge in [0.15, 0.2) is 6.10 Å². The summed E-state index contributed by atoms with van der Waals surface area (Å²) in [5.41, 5.74) is 1.99. The van der Waals surface area contributed by atoms with Crippen molar-refractivity contribution in [2.45, 2.75) is 25.9 Å². The Kier molecular flexibility index (Phi) is 4.74. The molecule has 0 aliphatic carbocycles. The second-order valence-electron chi connectivity index (χ2n) is 4.89. The minimum Gasteiger partial charge on any atom is -0.481 e. The molecule has 0 saturated heterocycles. The van der Waals surface area contributed by atoms with Crippen LogP contribution in [0.5, 0.6) is 0 Å². The number of aliphatic carboxylic acids is 1. The van der Waals surface area contributed by atoms with Gasteiger partial charge in [-0.1, -0.05) is 31.2 Å². The van der Waals surface area contributed by atoms with Gasteiger partial charge in [0.1, 0.15) is 0 Å².